The van der Waals surface area contributed by atoms with Gasteiger partial charge in [0, 0.05) is 12.5 Å². The summed E-state index contributed by atoms with van der Waals surface area (Å²) >= 11 is 0. The Kier molecular flexibility index (Phi) is 4.84. The van der Waals surface area contributed by atoms with Crippen LogP contribution in [-0.4, -0.2) is 20.1 Å². The smallest absolute Gasteiger partial charge is 0.218 e. The fourth-order valence-electron chi connectivity index (χ4n) is 0.571. The Morgan fingerprint density at radius 2 is 1.83 bits per heavy atom. The molecule has 0 saturated heterocycles. The summed E-state index contributed by atoms with van der Waals surface area (Å²) in [4.78, 5) is 4.06. The highest BCUT2D eigenvalue weighted by Crippen LogP contribution is 2.07. The van der Waals surface area contributed by atoms with Crippen molar-refractivity contribution in [2.45, 2.75) is 13.8 Å². The lowest BCUT2D eigenvalue weighted by Gasteiger charge is -2.03. The van der Waals surface area contributed by atoms with E-state index >= 15 is 0 Å². The third-order valence-corrected chi connectivity index (χ3v) is 1.39. The second kappa shape index (κ2) is 5.41. The molecule has 0 aromatic carbocycles. The molecule has 0 heterocycles. The highest BCUT2D eigenvalue weighted by atomic mass is 16.5. The molecule has 3 heteroatoms. The van der Waals surface area contributed by atoms with E-state index < -0.39 is 0 Å². The average molecular weight is 169 g/mol. The molecule has 0 aliphatic heterocycles. The molecule has 3 nitrogen and oxygen atoms in total. The zero-order chi connectivity index (χ0) is 9.56. The van der Waals surface area contributed by atoms with E-state index in [1.165, 1.54) is 0 Å². The monoisotopic (exact) mass is 169 g/mol. The Balaban J connectivity index is 4.69. The molecule has 0 aliphatic rings. The predicted octanol–water partition coefficient (Wildman–Crippen LogP) is 2.12. The molecule has 12 heavy (non-hydrogen) atoms. The van der Waals surface area contributed by atoms with Gasteiger partial charge in [-0.2, -0.15) is 4.99 Å². The minimum absolute atomic E-state index is 0.532. The van der Waals surface area contributed by atoms with Crippen molar-refractivity contribution in [2.75, 3.05) is 14.2 Å². The van der Waals surface area contributed by atoms with E-state index in [2.05, 4.69) is 11.6 Å². The molecule has 0 unspecified atom stereocenters. The van der Waals surface area contributed by atoms with Crippen LogP contribution in [0.4, 0.5) is 0 Å². The largest absolute Gasteiger partial charge is 0.484 e. The zero-order valence-corrected chi connectivity index (χ0v) is 8.05. The Bertz CT molecular complexity index is 217. The van der Waals surface area contributed by atoms with Gasteiger partial charge >= 0.3 is 0 Å². The van der Waals surface area contributed by atoms with Crippen LogP contribution in [-0.2, 0) is 9.47 Å². The molecule has 0 aromatic heterocycles. The molecule has 0 atom stereocenters. The molecule has 0 spiro atoms. The maximum atomic E-state index is 5.02. The van der Waals surface area contributed by atoms with Crippen molar-refractivity contribution in [1.82, 2.24) is 0 Å². The van der Waals surface area contributed by atoms with Crippen LogP contribution in [0.15, 0.2) is 29.1 Å². The lowest BCUT2D eigenvalue weighted by Crippen LogP contribution is -1.97. The van der Waals surface area contributed by atoms with Crippen LogP contribution in [0.3, 0.4) is 0 Å². The fourth-order valence-corrected chi connectivity index (χ4v) is 0.571. The second-order valence-corrected chi connectivity index (χ2v) is 2.23. The van der Waals surface area contributed by atoms with Gasteiger partial charge in [-0.05, 0) is 6.92 Å². The van der Waals surface area contributed by atoms with Crippen molar-refractivity contribution in [3.63, 3.8) is 0 Å². The minimum atomic E-state index is 0.532. The van der Waals surface area contributed by atoms with Crippen molar-refractivity contribution in [3.05, 3.63) is 24.1 Å². The third kappa shape index (κ3) is 3.23. The van der Waals surface area contributed by atoms with Crippen LogP contribution in [0.25, 0.3) is 0 Å². The Labute approximate surface area is 73.4 Å². The van der Waals surface area contributed by atoms with Gasteiger partial charge in [0.05, 0.1) is 14.2 Å². The van der Waals surface area contributed by atoms with E-state index in [-0.39, 0.29) is 0 Å². The first-order valence-electron chi connectivity index (χ1n) is 3.62. The number of allylic oxidation sites excluding steroid dienone is 2. The Hall–Kier alpha value is -1.25. The SMILES string of the molecule is C=C/C(C)=C(\N=C(/C)OC)OC. The van der Waals surface area contributed by atoms with Gasteiger partial charge in [0.25, 0.3) is 0 Å². The molecular weight excluding hydrogens is 154 g/mol. The average Bonchev–Trinajstić information content (AvgIpc) is 2.12. The first kappa shape index (κ1) is 10.8. The van der Waals surface area contributed by atoms with E-state index in [4.69, 9.17) is 9.47 Å². The van der Waals surface area contributed by atoms with Crippen LogP contribution in [0.2, 0.25) is 0 Å². The number of ether oxygens (including phenoxy) is 2. The molecule has 0 saturated carbocycles. The van der Waals surface area contributed by atoms with E-state index in [1.807, 2.05) is 6.92 Å². The molecule has 0 radical (unpaired) electrons. The van der Waals surface area contributed by atoms with Gasteiger partial charge in [0.2, 0.25) is 5.88 Å². The lowest BCUT2D eigenvalue weighted by atomic mass is 10.3. The minimum Gasteiger partial charge on any atom is -0.484 e. The first-order chi connectivity index (χ1) is 5.65. The third-order valence-electron chi connectivity index (χ3n) is 1.39. The van der Waals surface area contributed by atoms with Gasteiger partial charge in [-0.3, -0.25) is 0 Å². The summed E-state index contributed by atoms with van der Waals surface area (Å²) in [5, 5.41) is 0. The van der Waals surface area contributed by atoms with Gasteiger partial charge in [0.15, 0.2) is 5.90 Å². The molecule has 68 valence electrons. The Morgan fingerprint density at radius 1 is 1.25 bits per heavy atom. The van der Waals surface area contributed by atoms with Crippen molar-refractivity contribution < 1.29 is 9.47 Å². The summed E-state index contributed by atoms with van der Waals surface area (Å²) in [7, 11) is 3.13. The van der Waals surface area contributed by atoms with Crippen molar-refractivity contribution in [2.24, 2.45) is 4.99 Å². The summed E-state index contributed by atoms with van der Waals surface area (Å²) in [6, 6.07) is 0. The maximum Gasteiger partial charge on any atom is 0.218 e. The van der Waals surface area contributed by atoms with Gasteiger partial charge in [0.1, 0.15) is 0 Å². The number of methoxy groups -OCH3 is 2. The quantitative estimate of drug-likeness (QED) is 0.280. The number of nitrogens with zero attached hydrogens (tertiary/aromatic N) is 1. The van der Waals surface area contributed by atoms with Crippen LogP contribution in [0.1, 0.15) is 13.8 Å². The fraction of sp³-hybridized carbons (Fsp3) is 0.444. The molecule has 0 aromatic rings. The highest BCUT2D eigenvalue weighted by Gasteiger charge is 1.97. The highest BCUT2D eigenvalue weighted by molar-refractivity contribution is 5.74. The number of rotatable bonds is 3. The molecule has 0 aliphatic carbocycles. The summed E-state index contributed by atoms with van der Waals surface area (Å²) in [5.74, 6) is 1.09. The van der Waals surface area contributed by atoms with Crippen molar-refractivity contribution >= 4 is 5.90 Å². The lowest BCUT2D eigenvalue weighted by molar-refractivity contribution is 0.280. The van der Waals surface area contributed by atoms with E-state index in [9.17, 15) is 0 Å². The molecule has 0 fully saturated rings. The summed E-state index contributed by atoms with van der Waals surface area (Å²) < 4.78 is 9.90. The van der Waals surface area contributed by atoms with E-state index in [1.54, 1.807) is 27.2 Å². The number of aliphatic imine (C=N–C) groups is 1. The van der Waals surface area contributed by atoms with Gasteiger partial charge < -0.3 is 9.47 Å². The van der Waals surface area contributed by atoms with Crippen LogP contribution in [0, 0.1) is 0 Å². The molecule has 0 N–H and O–H groups in total. The van der Waals surface area contributed by atoms with Crippen molar-refractivity contribution in [1.29, 1.82) is 0 Å². The molecule has 0 amide bonds. The second-order valence-electron chi connectivity index (χ2n) is 2.23. The normalized spacial score (nSPS) is 13.5. The van der Waals surface area contributed by atoms with Crippen LogP contribution < -0.4 is 0 Å². The van der Waals surface area contributed by atoms with Crippen molar-refractivity contribution in [3.8, 4) is 0 Å². The maximum absolute atomic E-state index is 5.02. The summed E-state index contributed by atoms with van der Waals surface area (Å²) in [6.07, 6.45) is 1.69. The standard InChI is InChI=1S/C9H15NO2/c1-6-7(2)9(12-5)10-8(3)11-4/h6H,1H2,2-5H3/b9-7+,10-8+. The molecule has 0 rings (SSSR count). The summed E-state index contributed by atoms with van der Waals surface area (Å²) in [5.41, 5.74) is 0.883. The van der Waals surface area contributed by atoms with E-state index in [0.717, 1.165) is 5.57 Å². The first-order valence-corrected chi connectivity index (χ1v) is 3.62. The van der Waals surface area contributed by atoms with Gasteiger partial charge in [-0.15, -0.1) is 0 Å². The van der Waals surface area contributed by atoms with E-state index in [0.29, 0.717) is 11.8 Å². The topological polar surface area (TPSA) is 30.8 Å². The predicted molar refractivity (Wildman–Crippen MR) is 50.0 cm³/mol. The zero-order valence-electron chi connectivity index (χ0n) is 8.05. The number of hydrogen-bond acceptors (Lipinski definition) is 3. The van der Waals surface area contributed by atoms with Gasteiger partial charge in [-0.25, -0.2) is 0 Å². The molecular formula is C9H15NO2. The summed E-state index contributed by atoms with van der Waals surface area (Å²) in [6.45, 7) is 7.25. The number of hydrogen-bond donors (Lipinski definition) is 0. The Morgan fingerprint density at radius 3 is 2.17 bits per heavy atom. The molecule has 0 bridgehead atoms. The van der Waals surface area contributed by atoms with Gasteiger partial charge in [-0.1, -0.05) is 12.7 Å². The van der Waals surface area contributed by atoms with Crippen LogP contribution >= 0.6 is 0 Å². The van der Waals surface area contributed by atoms with Crippen LogP contribution in [0.5, 0.6) is 0 Å².